The molecule has 1 aromatic carbocycles. The Bertz CT molecular complexity index is 468. The van der Waals surface area contributed by atoms with Crippen molar-refractivity contribution in [2.75, 3.05) is 24.7 Å². The molecule has 0 bridgehead atoms. The van der Waals surface area contributed by atoms with Crippen molar-refractivity contribution in [2.45, 2.75) is 6.42 Å². The van der Waals surface area contributed by atoms with Gasteiger partial charge in [0.1, 0.15) is 5.75 Å². The average molecular weight is 248 g/mol. The molecule has 0 fully saturated rings. The molecular formula is C13H16N2OS. The van der Waals surface area contributed by atoms with Gasteiger partial charge in [0.05, 0.1) is 18.5 Å². The van der Waals surface area contributed by atoms with Gasteiger partial charge in [-0.1, -0.05) is 6.07 Å². The zero-order chi connectivity index (χ0) is 12.1. The summed E-state index contributed by atoms with van der Waals surface area (Å²) in [5.41, 5.74) is 7.60. The van der Waals surface area contributed by atoms with Gasteiger partial charge in [-0.05, 0) is 30.0 Å². The molecule has 0 spiro atoms. The molecule has 0 aliphatic rings. The zero-order valence-electron chi connectivity index (χ0n) is 9.77. The first-order valence-corrected chi connectivity index (χ1v) is 6.37. The maximum absolute atomic E-state index is 5.92. The van der Waals surface area contributed by atoms with Crippen LogP contribution in [-0.2, 0) is 6.42 Å². The number of nitrogen functional groups attached to an aromatic ring is 1. The average Bonchev–Trinajstić information content (AvgIpc) is 2.84. The summed E-state index contributed by atoms with van der Waals surface area (Å²) in [7, 11) is 1.64. The van der Waals surface area contributed by atoms with Crippen LogP contribution >= 0.6 is 11.3 Å². The lowest BCUT2D eigenvalue weighted by molar-refractivity contribution is 0.415. The summed E-state index contributed by atoms with van der Waals surface area (Å²) in [6, 6.07) is 9.89. The van der Waals surface area contributed by atoms with Crippen LogP contribution in [0.15, 0.2) is 35.7 Å². The third-order valence-corrected chi connectivity index (χ3v) is 3.46. The number of thiophene rings is 1. The Balaban J connectivity index is 1.90. The molecule has 1 aromatic heterocycles. The van der Waals surface area contributed by atoms with Gasteiger partial charge < -0.3 is 15.8 Å². The van der Waals surface area contributed by atoms with Crippen molar-refractivity contribution in [3.63, 3.8) is 0 Å². The topological polar surface area (TPSA) is 47.3 Å². The third-order valence-electron chi connectivity index (χ3n) is 2.53. The van der Waals surface area contributed by atoms with Gasteiger partial charge in [0.25, 0.3) is 0 Å². The second kappa shape index (κ2) is 5.59. The van der Waals surface area contributed by atoms with Gasteiger partial charge in [0.15, 0.2) is 0 Å². The van der Waals surface area contributed by atoms with Crippen LogP contribution in [0.5, 0.6) is 5.75 Å². The van der Waals surface area contributed by atoms with Gasteiger partial charge in [-0.25, -0.2) is 0 Å². The van der Waals surface area contributed by atoms with Gasteiger partial charge in [0, 0.05) is 17.5 Å². The molecule has 0 radical (unpaired) electrons. The predicted octanol–water partition coefficient (Wildman–Crippen LogP) is 2.99. The smallest absolute Gasteiger partial charge is 0.121 e. The first-order valence-electron chi connectivity index (χ1n) is 5.49. The minimum Gasteiger partial charge on any atom is -0.497 e. The van der Waals surface area contributed by atoms with Gasteiger partial charge in [-0.3, -0.25) is 0 Å². The fourth-order valence-electron chi connectivity index (χ4n) is 1.60. The summed E-state index contributed by atoms with van der Waals surface area (Å²) in [5, 5.41) is 5.42. The van der Waals surface area contributed by atoms with E-state index in [0.29, 0.717) is 0 Å². The number of hydrogen-bond donors (Lipinski definition) is 2. The van der Waals surface area contributed by atoms with Gasteiger partial charge in [-0.15, -0.1) is 11.3 Å². The van der Waals surface area contributed by atoms with Crippen molar-refractivity contribution in [3.05, 3.63) is 40.6 Å². The van der Waals surface area contributed by atoms with Crippen LogP contribution in [0.4, 0.5) is 11.4 Å². The molecular weight excluding hydrogens is 232 g/mol. The molecule has 1 heterocycles. The molecule has 2 aromatic rings. The number of benzene rings is 1. The molecule has 0 amide bonds. The normalized spacial score (nSPS) is 10.2. The van der Waals surface area contributed by atoms with E-state index in [0.717, 1.165) is 30.1 Å². The van der Waals surface area contributed by atoms with Crippen molar-refractivity contribution < 1.29 is 4.74 Å². The summed E-state index contributed by atoms with van der Waals surface area (Å²) < 4.78 is 5.11. The van der Waals surface area contributed by atoms with Gasteiger partial charge in [-0.2, -0.15) is 0 Å². The van der Waals surface area contributed by atoms with E-state index < -0.39 is 0 Å². The molecule has 2 rings (SSSR count). The van der Waals surface area contributed by atoms with Crippen molar-refractivity contribution >= 4 is 22.7 Å². The summed E-state index contributed by atoms with van der Waals surface area (Å²) in [6.45, 7) is 0.886. The highest BCUT2D eigenvalue weighted by molar-refractivity contribution is 7.09. The van der Waals surface area contributed by atoms with Gasteiger partial charge in [0.2, 0.25) is 0 Å². The molecule has 3 nitrogen and oxygen atoms in total. The van der Waals surface area contributed by atoms with Crippen molar-refractivity contribution in [1.82, 2.24) is 0 Å². The number of nitrogens with two attached hydrogens (primary N) is 1. The fraction of sp³-hybridized carbons (Fsp3) is 0.231. The Morgan fingerprint density at radius 1 is 1.35 bits per heavy atom. The molecule has 0 saturated heterocycles. The zero-order valence-corrected chi connectivity index (χ0v) is 10.6. The molecule has 17 heavy (non-hydrogen) atoms. The molecule has 90 valence electrons. The van der Waals surface area contributed by atoms with E-state index in [-0.39, 0.29) is 0 Å². The first-order chi connectivity index (χ1) is 8.29. The SMILES string of the molecule is COc1ccc(NCCc2cccs2)c(N)c1. The summed E-state index contributed by atoms with van der Waals surface area (Å²) in [4.78, 5) is 1.38. The van der Waals surface area contributed by atoms with Crippen LogP contribution in [0, 0.1) is 0 Å². The third kappa shape index (κ3) is 3.14. The molecule has 3 N–H and O–H groups in total. The van der Waals surface area contributed by atoms with E-state index in [1.807, 2.05) is 18.2 Å². The van der Waals surface area contributed by atoms with Crippen LogP contribution in [0.1, 0.15) is 4.88 Å². The number of anilines is 2. The fourth-order valence-corrected chi connectivity index (χ4v) is 2.31. The van der Waals surface area contributed by atoms with E-state index in [1.165, 1.54) is 4.88 Å². The highest BCUT2D eigenvalue weighted by Crippen LogP contribution is 2.24. The highest BCUT2D eigenvalue weighted by Gasteiger charge is 2.00. The van der Waals surface area contributed by atoms with E-state index in [9.17, 15) is 0 Å². The molecule has 0 aliphatic heterocycles. The highest BCUT2D eigenvalue weighted by atomic mass is 32.1. The predicted molar refractivity (Wildman–Crippen MR) is 73.9 cm³/mol. The molecule has 4 heteroatoms. The summed E-state index contributed by atoms with van der Waals surface area (Å²) in [5.74, 6) is 0.784. The lowest BCUT2D eigenvalue weighted by atomic mass is 10.2. The molecule has 0 atom stereocenters. The summed E-state index contributed by atoms with van der Waals surface area (Å²) >= 11 is 1.78. The number of hydrogen-bond acceptors (Lipinski definition) is 4. The number of ether oxygens (including phenoxy) is 1. The lowest BCUT2D eigenvalue weighted by Crippen LogP contribution is -2.06. The Labute approximate surface area is 105 Å². The molecule has 0 unspecified atom stereocenters. The number of rotatable bonds is 5. The van der Waals surface area contributed by atoms with E-state index in [2.05, 4.69) is 22.8 Å². The van der Waals surface area contributed by atoms with Crippen LogP contribution in [-0.4, -0.2) is 13.7 Å². The van der Waals surface area contributed by atoms with Crippen LogP contribution in [0.2, 0.25) is 0 Å². The Morgan fingerprint density at radius 3 is 2.88 bits per heavy atom. The lowest BCUT2D eigenvalue weighted by Gasteiger charge is -2.10. The minimum atomic E-state index is 0.718. The van der Waals surface area contributed by atoms with Crippen molar-refractivity contribution in [3.8, 4) is 5.75 Å². The minimum absolute atomic E-state index is 0.718. The number of methoxy groups -OCH3 is 1. The first kappa shape index (κ1) is 11.8. The molecule has 0 aliphatic carbocycles. The van der Waals surface area contributed by atoms with Crippen LogP contribution in [0.25, 0.3) is 0 Å². The standard InChI is InChI=1S/C13H16N2OS/c1-16-10-4-5-13(12(14)9-10)15-7-6-11-3-2-8-17-11/h2-5,8-9,15H,6-7,14H2,1H3. The van der Waals surface area contributed by atoms with Crippen molar-refractivity contribution in [1.29, 1.82) is 0 Å². The second-order valence-corrected chi connectivity index (χ2v) is 4.74. The Morgan fingerprint density at radius 2 is 2.24 bits per heavy atom. The number of nitrogens with one attached hydrogen (secondary N) is 1. The monoisotopic (exact) mass is 248 g/mol. The van der Waals surface area contributed by atoms with Crippen molar-refractivity contribution in [2.24, 2.45) is 0 Å². The van der Waals surface area contributed by atoms with Gasteiger partial charge >= 0.3 is 0 Å². The summed E-state index contributed by atoms with van der Waals surface area (Å²) in [6.07, 6.45) is 1.02. The van der Waals surface area contributed by atoms with E-state index in [4.69, 9.17) is 10.5 Å². The largest absolute Gasteiger partial charge is 0.497 e. The maximum atomic E-state index is 5.92. The van der Waals surface area contributed by atoms with E-state index >= 15 is 0 Å². The quantitative estimate of drug-likeness (QED) is 0.800. The maximum Gasteiger partial charge on any atom is 0.121 e. The Hall–Kier alpha value is -1.68. The van der Waals surface area contributed by atoms with Crippen LogP contribution < -0.4 is 15.8 Å². The molecule has 0 saturated carbocycles. The second-order valence-electron chi connectivity index (χ2n) is 3.71. The Kier molecular flexibility index (Phi) is 3.88. The van der Waals surface area contributed by atoms with E-state index in [1.54, 1.807) is 18.4 Å². The van der Waals surface area contributed by atoms with Crippen LogP contribution in [0.3, 0.4) is 0 Å².